The van der Waals surface area contributed by atoms with Crippen LogP contribution < -0.4 is 0 Å². The van der Waals surface area contributed by atoms with E-state index >= 15 is 0 Å². The van der Waals surface area contributed by atoms with E-state index in [0.717, 1.165) is 20.6 Å². The highest BCUT2D eigenvalue weighted by atomic mass is 79.9. The fourth-order valence-electron chi connectivity index (χ4n) is 2.14. The van der Waals surface area contributed by atoms with Crippen LogP contribution in [0.1, 0.15) is 30.3 Å². The van der Waals surface area contributed by atoms with Crippen LogP contribution in [0.25, 0.3) is 0 Å². The van der Waals surface area contributed by atoms with Crippen molar-refractivity contribution in [2.75, 3.05) is 13.2 Å². The average molecular weight is 332 g/mol. The van der Waals surface area contributed by atoms with E-state index in [9.17, 15) is 9.59 Å². The molecule has 0 saturated heterocycles. The lowest BCUT2D eigenvalue weighted by molar-refractivity contribution is -0.155. The summed E-state index contributed by atoms with van der Waals surface area (Å²) >= 11 is 4.92. The van der Waals surface area contributed by atoms with Gasteiger partial charge in [0.05, 0.1) is 10.4 Å². The second-order valence-electron chi connectivity index (χ2n) is 4.06. The van der Waals surface area contributed by atoms with Gasteiger partial charge in [0.1, 0.15) is 0 Å². The maximum absolute atomic E-state index is 12.1. The largest absolute Gasteiger partial charge is 0.464 e. The Kier molecular flexibility index (Phi) is 4.07. The molecule has 1 aromatic rings. The van der Waals surface area contributed by atoms with Gasteiger partial charge in [-0.3, -0.25) is 4.79 Å². The summed E-state index contributed by atoms with van der Waals surface area (Å²) in [7, 11) is 0. The standard InChI is InChI=1S/C12H14BrNO3S/c1-3-17-12(16)10-11-8(6-9(13)18-11)4-5-14(10)7(2)15/h6,10H,3-5H2,1-2H3/t10-/m1/s1. The van der Waals surface area contributed by atoms with Gasteiger partial charge in [0.25, 0.3) is 0 Å². The molecule has 4 nitrogen and oxygen atoms in total. The summed E-state index contributed by atoms with van der Waals surface area (Å²) < 4.78 is 6.07. The summed E-state index contributed by atoms with van der Waals surface area (Å²) in [6.45, 7) is 4.14. The first-order valence-corrected chi connectivity index (χ1v) is 7.37. The molecular weight excluding hydrogens is 318 g/mol. The van der Waals surface area contributed by atoms with Crippen LogP contribution >= 0.6 is 27.3 Å². The van der Waals surface area contributed by atoms with Gasteiger partial charge in [0.15, 0.2) is 6.04 Å². The lowest BCUT2D eigenvalue weighted by Crippen LogP contribution is -2.42. The van der Waals surface area contributed by atoms with Gasteiger partial charge in [-0.15, -0.1) is 11.3 Å². The Morgan fingerprint density at radius 3 is 2.94 bits per heavy atom. The molecule has 1 aromatic heterocycles. The second kappa shape index (κ2) is 5.40. The third-order valence-corrected chi connectivity index (χ3v) is 4.64. The van der Waals surface area contributed by atoms with E-state index in [1.54, 1.807) is 11.8 Å². The minimum atomic E-state index is -0.581. The van der Waals surface area contributed by atoms with Gasteiger partial charge in [0.2, 0.25) is 5.91 Å². The molecule has 6 heteroatoms. The third-order valence-electron chi connectivity index (χ3n) is 2.91. The molecule has 0 fully saturated rings. The zero-order valence-corrected chi connectivity index (χ0v) is 12.6. The molecule has 1 amide bonds. The van der Waals surface area contributed by atoms with Crippen molar-refractivity contribution in [1.29, 1.82) is 0 Å². The number of carbonyl (C=O) groups excluding carboxylic acids is 2. The monoisotopic (exact) mass is 331 g/mol. The van der Waals surface area contributed by atoms with Crippen molar-refractivity contribution in [2.45, 2.75) is 26.3 Å². The zero-order chi connectivity index (χ0) is 13.3. The molecule has 1 aliphatic heterocycles. The van der Waals surface area contributed by atoms with Gasteiger partial charge < -0.3 is 9.64 Å². The molecule has 0 aliphatic carbocycles. The molecule has 2 heterocycles. The lowest BCUT2D eigenvalue weighted by atomic mass is 10.0. The van der Waals surface area contributed by atoms with Crippen LogP contribution in [0.4, 0.5) is 0 Å². The number of halogens is 1. The molecule has 0 aromatic carbocycles. The number of esters is 1. The quantitative estimate of drug-likeness (QED) is 0.782. The van der Waals surface area contributed by atoms with Gasteiger partial charge in [-0.25, -0.2) is 4.79 Å². The number of rotatable bonds is 2. The van der Waals surface area contributed by atoms with Crippen molar-refractivity contribution in [3.63, 3.8) is 0 Å². The second-order valence-corrected chi connectivity index (χ2v) is 6.52. The summed E-state index contributed by atoms with van der Waals surface area (Å²) in [6, 6.07) is 1.44. The SMILES string of the molecule is CCOC(=O)[C@H]1c2sc(Br)cc2CCN1C(C)=O. The average Bonchev–Trinajstić information content (AvgIpc) is 2.67. The summed E-state index contributed by atoms with van der Waals surface area (Å²) in [5.74, 6) is -0.439. The Labute approximate surface area is 118 Å². The lowest BCUT2D eigenvalue weighted by Gasteiger charge is -2.33. The number of hydrogen-bond acceptors (Lipinski definition) is 4. The van der Waals surface area contributed by atoms with Crippen LogP contribution in [0.5, 0.6) is 0 Å². The van der Waals surface area contributed by atoms with E-state index in [4.69, 9.17) is 4.74 Å². The maximum atomic E-state index is 12.1. The molecule has 2 rings (SSSR count). The highest BCUT2D eigenvalue weighted by Gasteiger charge is 2.37. The Balaban J connectivity index is 2.39. The van der Waals surface area contributed by atoms with Crippen molar-refractivity contribution in [1.82, 2.24) is 4.90 Å². The van der Waals surface area contributed by atoms with Crippen LogP contribution in [0.2, 0.25) is 0 Å². The van der Waals surface area contributed by atoms with Gasteiger partial charge in [-0.05, 0) is 40.9 Å². The molecule has 0 bridgehead atoms. The molecular formula is C12H14BrNO3S. The van der Waals surface area contributed by atoms with Gasteiger partial charge >= 0.3 is 5.97 Å². The van der Waals surface area contributed by atoms with Crippen LogP contribution in [0, 0.1) is 0 Å². The predicted octanol–water partition coefficient (Wildman–Crippen LogP) is 2.52. The minimum Gasteiger partial charge on any atom is -0.464 e. The number of carbonyl (C=O) groups is 2. The third kappa shape index (κ3) is 2.44. The van der Waals surface area contributed by atoms with Crippen molar-refractivity contribution in [3.8, 4) is 0 Å². The molecule has 1 atom stereocenters. The smallest absolute Gasteiger partial charge is 0.334 e. The van der Waals surface area contributed by atoms with Crippen LogP contribution in [0.15, 0.2) is 9.85 Å². The van der Waals surface area contributed by atoms with E-state index in [2.05, 4.69) is 15.9 Å². The first kappa shape index (κ1) is 13.5. The summed E-state index contributed by atoms with van der Waals surface area (Å²) in [6.07, 6.45) is 0.785. The number of amides is 1. The summed E-state index contributed by atoms with van der Waals surface area (Å²) in [5, 5.41) is 0. The number of fused-ring (bicyclic) bond motifs is 1. The fraction of sp³-hybridized carbons (Fsp3) is 0.500. The number of thiophene rings is 1. The number of hydrogen-bond donors (Lipinski definition) is 0. The normalized spacial score (nSPS) is 18.4. The molecule has 0 N–H and O–H groups in total. The van der Waals surface area contributed by atoms with Crippen LogP contribution in [0.3, 0.4) is 0 Å². The van der Waals surface area contributed by atoms with Crippen LogP contribution in [-0.4, -0.2) is 29.9 Å². The van der Waals surface area contributed by atoms with Crippen molar-refractivity contribution < 1.29 is 14.3 Å². The van der Waals surface area contributed by atoms with E-state index in [1.807, 2.05) is 6.07 Å². The first-order valence-electron chi connectivity index (χ1n) is 5.76. The Hall–Kier alpha value is -0.880. The van der Waals surface area contributed by atoms with Gasteiger partial charge in [-0.2, -0.15) is 0 Å². The Morgan fingerprint density at radius 1 is 1.61 bits per heavy atom. The van der Waals surface area contributed by atoms with Gasteiger partial charge in [0, 0.05) is 18.3 Å². The number of nitrogens with zero attached hydrogens (tertiary/aromatic N) is 1. The summed E-state index contributed by atoms with van der Waals surface area (Å²) in [4.78, 5) is 26.2. The predicted molar refractivity (Wildman–Crippen MR) is 72.5 cm³/mol. The molecule has 18 heavy (non-hydrogen) atoms. The molecule has 0 unspecified atom stereocenters. The molecule has 98 valence electrons. The molecule has 0 saturated carbocycles. The van der Waals surface area contributed by atoms with Crippen molar-refractivity contribution in [2.24, 2.45) is 0 Å². The van der Waals surface area contributed by atoms with Gasteiger partial charge in [-0.1, -0.05) is 0 Å². The van der Waals surface area contributed by atoms with Crippen LogP contribution in [-0.2, 0) is 20.7 Å². The molecule has 1 aliphatic rings. The van der Waals surface area contributed by atoms with E-state index < -0.39 is 6.04 Å². The van der Waals surface area contributed by atoms with Crippen molar-refractivity contribution in [3.05, 3.63) is 20.3 Å². The highest BCUT2D eigenvalue weighted by Crippen LogP contribution is 2.39. The van der Waals surface area contributed by atoms with E-state index in [1.165, 1.54) is 18.3 Å². The Bertz CT molecular complexity index is 486. The fourth-order valence-corrected chi connectivity index (χ4v) is 3.98. The first-order chi connectivity index (χ1) is 8.54. The van der Waals surface area contributed by atoms with E-state index in [-0.39, 0.29) is 11.9 Å². The molecule has 0 radical (unpaired) electrons. The molecule has 0 spiro atoms. The summed E-state index contributed by atoms with van der Waals surface area (Å²) in [5.41, 5.74) is 1.13. The zero-order valence-electron chi connectivity index (χ0n) is 10.2. The maximum Gasteiger partial charge on any atom is 0.334 e. The van der Waals surface area contributed by atoms with E-state index in [0.29, 0.717) is 13.2 Å². The number of ether oxygens (including phenoxy) is 1. The van der Waals surface area contributed by atoms with Crippen molar-refractivity contribution >= 4 is 39.1 Å². The minimum absolute atomic E-state index is 0.0942. The Morgan fingerprint density at radius 2 is 2.33 bits per heavy atom. The highest BCUT2D eigenvalue weighted by molar-refractivity contribution is 9.11. The topological polar surface area (TPSA) is 46.6 Å².